The van der Waals surface area contributed by atoms with Crippen molar-refractivity contribution in [3.05, 3.63) is 66.2 Å². The largest absolute Gasteiger partial charge is 0.277 e. The summed E-state index contributed by atoms with van der Waals surface area (Å²) >= 11 is 0. The molecule has 1 amide bonds. The second-order valence-electron chi connectivity index (χ2n) is 4.83. The van der Waals surface area contributed by atoms with Crippen LogP contribution in [0.4, 0.5) is 5.69 Å². The molecule has 0 aromatic heterocycles. The molecule has 3 nitrogen and oxygen atoms in total. The van der Waals surface area contributed by atoms with E-state index in [2.05, 4.69) is 17.6 Å². The van der Waals surface area contributed by atoms with Crippen molar-refractivity contribution in [2.75, 3.05) is 5.01 Å². The van der Waals surface area contributed by atoms with Crippen LogP contribution in [0.15, 0.2) is 60.7 Å². The van der Waals surface area contributed by atoms with Crippen molar-refractivity contribution in [1.82, 2.24) is 5.43 Å². The molecule has 1 saturated heterocycles. The Morgan fingerprint density at radius 2 is 1.53 bits per heavy atom. The van der Waals surface area contributed by atoms with Crippen LogP contribution in [0.3, 0.4) is 0 Å². The van der Waals surface area contributed by atoms with E-state index in [1.807, 2.05) is 60.5 Å². The predicted molar refractivity (Wildman–Crippen MR) is 75.4 cm³/mol. The molecular formula is C16H16N2O. The van der Waals surface area contributed by atoms with Gasteiger partial charge in [-0.15, -0.1) is 0 Å². The van der Waals surface area contributed by atoms with Gasteiger partial charge in [0.2, 0.25) is 5.91 Å². The van der Waals surface area contributed by atoms with Gasteiger partial charge in [0.1, 0.15) is 0 Å². The average molecular weight is 252 g/mol. The molecule has 1 N–H and O–H groups in total. The molecule has 0 saturated carbocycles. The number of carbonyl (C=O) groups excluding carboxylic acids is 1. The highest BCUT2D eigenvalue weighted by atomic mass is 16.2. The molecule has 1 heterocycles. The third kappa shape index (κ3) is 2.08. The molecule has 0 radical (unpaired) electrons. The van der Waals surface area contributed by atoms with Gasteiger partial charge in [-0.3, -0.25) is 15.2 Å². The lowest BCUT2D eigenvalue weighted by molar-refractivity contribution is -0.122. The minimum atomic E-state index is -0.0670. The van der Waals surface area contributed by atoms with E-state index < -0.39 is 0 Å². The number of carbonyl (C=O) groups is 1. The van der Waals surface area contributed by atoms with Crippen molar-refractivity contribution in [3.63, 3.8) is 0 Å². The van der Waals surface area contributed by atoms with Gasteiger partial charge in [0, 0.05) is 0 Å². The van der Waals surface area contributed by atoms with Gasteiger partial charge in [-0.05, 0) is 17.7 Å². The van der Waals surface area contributed by atoms with E-state index in [1.54, 1.807) is 0 Å². The zero-order valence-corrected chi connectivity index (χ0v) is 10.8. The van der Waals surface area contributed by atoms with E-state index in [9.17, 15) is 4.79 Å². The molecule has 96 valence electrons. The molecule has 2 atom stereocenters. The minimum absolute atomic E-state index is 0.0381. The number of para-hydroxylation sites is 1. The molecule has 2 unspecified atom stereocenters. The van der Waals surface area contributed by atoms with Crippen molar-refractivity contribution in [3.8, 4) is 0 Å². The van der Waals surface area contributed by atoms with Gasteiger partial charge in [0.15, 0.2) is 0 Å². The van der Waals surface area contributed by atoms with E-state index in [1.165, 1.54) is 0 Å². The first-order valence-corrected chi connectivity index (χ1v) is 6.47. The third-order valence-electron chi connectivity index (χ3n) is 3.57. The maximum atomic E-state index is 12.0. The Morgan fingerprint density at radius 1 is 0.947 bits per heavy atom. The van der Waals surface area contributed by atoms with Crippen LogP contribution in [0.25, 0.3) is 0 Å². The summed E-state index contributed by atoms with van der Waals surface area (Å²) in [4.78, 5) is 12.0. The Hall–Kier alpha value is -2.29. The normalized spacial score (nSPS) is 22.4. The molecule has 19 heavy (non-hydrogen) atoms. The first-order valence-electron chi connectivity index (χ1n) is 6.47. The number of hydrogen-bond acceptors (Lipinski definition) is 2. The van der Waals surface area contributed by atoms with Crippen LogP contribution < -0.4 is 10.4 Å². The van der Waals surface area contributed by atoms with Gasteiger partial charge in [-0.25, -0.2) is 0 Å². The lowest BCUT2D eigenvalue weighted by Crippen LogP contribution is -2.34. The van der Waals surface area contributed by atoms with Crippen molar-refractivity contribution in [2.24, 2.45) is 5.92 Å². The van der Waals surface area contributed by atoms with Gasteiger partial charge in [-0.2, -0.15) is 0 Å². The number of amides is 1. The summed E-state index contributed by atoms with van der Waals surface area (Å²) in [5.41, 5.74) is 5.12. The highest BCUT2D eigenvalue weighted by molar-refractivity contribution is 5.85. The number of nitrogens with zero attached hydrogens (tertiary/aromatic N) is 1. The highest BCUT2D eigenvalue weighted by Crippen LogP contribution is 2.35. The van der Waals surface area contributed by atoms with E-state index in [0.29, 0.717) is 0 Å². The standard InChI is InChI=1S/C16H16N2O/c1-12-15(13-8-4-2-5-9-13)18(17-16(12)19)14-10-6-3-7-11-14/h2-12,15H,1H3,(H,17,19). The Kier molecular flexibility index (Phi) is 2.95. The summed E-state index contributed by atoms with van der Waals surface area (Å²) in [7, 11) is 0. The Morgan fingerprint density at radius 3 is 2.16 bits per heavy atom. The highest BCUT2D eigenvalue weighted by Gasteiger charge is 2.38. The van der Waals surface area contributed by atoms with Crippen molar-refractivity contribution in [2.45, 2.75) is 13.0 Å². The van der Waals surface area contributed by atoms with Crippen LogP contribution in [0.2, 0.25) is 0 Å². The first-order chi connectivity index (χ1) is 9.27. The maximum absolute atomic E-state index is 12.0. The quantitative estimate of drug-likeness (QED) is 0.891. The van der Waals surface area contributed by atoms with E-state index in [0.717, 1.165) is 11.3 Å². The van der Waals surface area contributed by atoms with Crippen LogP contribution >= 0.6 is 0 Å². The van der Waals surface area contributed by atoms with Crippen LogP contribution in [-0.2, 0) is 4.79 Å². The summed E-state index contributed by atoms with van der Waals surface area (Å²) in [5.74, 6) is 0.000289. The number of anilines is 1. The Labute approximate surface area is 112 Å². The van der Waals surface area contributed by atoms with E-state index in [4.69, 9.17) is 0 Å². The van der Waals surface area contributed by atoms with Crippen molar-refractivity contribution >= 4 is 11.6 Å². The average Bonchev–Trinajstić information content (AvgIpc) is 2.77. The molecule has 1 aliphatic heterocycles. The molecule has 3 heteroatoms. The Bertz CT molecular complexity index is 568. The number of benzene rings is 2. The molecule has 2 aromatic rings. The van der Waals surface area contributed by atoms with Gasteiger partial charge in [-0.1, -0.05) is 55.5 Å². The van der Waals surface area contributed by atoms with Crippen LogP contribution in [0, 0.1) is 5.92 Å². The lowest BCUT2D eigenvalue weighted by Gasteiger charge is -2.27. The topological polar surface area (TPSA) is 32.3 Å². The molecule has 0 aliphatic carbocycles. The zero-order chi connectivity index (χ0) is 13.2. The smallest absolute Gasteiger partial charge is 0.243 e. The molecular weight excluding hydrogens is 236 g/mol. The second-order valence-corrected chi connectivity index (χ2v) is 4.83. The van der Waals surface area contributed by atoms with Gasteiger partial charge < -0.3 is 0 Å². The number of rotatable bonds is 2. The molecule has 3 rings (SSSR count). The van der Waals surface area contributed by atoms with Crippen LogP contribution in [0.5, 0.6) is 0 Å². The van der Waals surface area contributed by atoms with Gasteiger partial charge in [0.05, 0.1) is 17.6 Å². The minimum Gasteiger partial charge on any atom is -0.277 e. The summed E-state index contributed by atoms with van der Waals surface area (Å²) in [5, 5.41) is 1.96. The summed E-state index contributed by atoms with van der Waals surface area (Å²) in [6.45, 7) is 1.97. The molecule has 1 aliphatic rings. The van der Waals surface area contributed by atoms with Gasteiger partial charge >= 0.3 is 0 Å². The van der Waals surface area contributed by atoms with Crippen LogP contribution in [0.1, 0.15) is 18.5 Å². The molecule has 2 aromatic carbocycles. The SMILES string of the molecule is CC1C(=O)NN(c2ccccc2)C1c1ccccc1. The zero-order valence-electron chi connectivity index (χ0n) is 10.8. The Balaban J connectivity index is 2.01. The van der Waals surface area contributed by atoms with E-state index in [-0.39, 0.29) is 17.9 Å². The first kappa shape index (κ1) is 11.8. The molecule has 1 fully saturated rings. The number of hydrazine groups is 1. The summed E-state index contributed by atoms with van der Waals surface area (Å²) in [6.07, 6.45) is 0. The summed E-state index contributed by atoms with van der Waals surface area (Å²) < 4.78 is 0. The fourth-order valence-electron chi connectivity index (χ4n) is 2.56. The monoisotopic (exact) mass is 252 g/mol. The fourth-order valence-corrected chi connectivity index (χ4v) is 2.56. The van der Waals surface area contributed by atoms with Crippen molar-refractivity contribution < 1.29 is 4.79 Å². The van der Waals surface area contributed by atoms with Gasteiger partial charge in [0.25, 0.3) is 0 Å². The predicted octanol–water partition coefficient (Wildman–Crippen LogP) is 2.92. The van der Waals surface area contributed by atoms with Crippen LogP contribution in [-0.4, -0.2) is 5.91 Å². The van der Waals surface area contributed by atoms with Crippen molar-refractivity contribution in [1.29, 1.82) is 0 Å². The van der Waals surface area contributed by atoms with E-state index >= 15 is 0 Å². The molecule has 0 bridgehead atoms. The number of nitrogens with one attached hydrogen (secondary N) is 1. The number of hydrogen-bond donors (Lipinski definition) is 1. The third-order valence-corrected chi connectivity index (χ3v) is 3.57. The lowest BCUT2D eigenvalue weighted by atomic mass is 9.95. The maximum Gasteiger partial charge on any atom is 0.243 e. The fraction of sp³-hybridized carbons (Fsp3) is 0.188. The molecule has 0 spiro atoms. The summed E-state index contributed by atoms with van der Waals surface area (Å²) in [6, 6.07) is 20.1. The second kappa shape index (κ2) is 4.76.